The average molecular weight is 249 g/mol. The number of thioether (sulfide) groups is 1. The highest BCUT2D eigenvalue weighted by molar-refractivity contribution is 7.98. The van der Waals surface area contributed by atoms with Crippen LogP contribution in [-0.4, -0.2) is 33.4 Å². The lowest BCUT2D eigenvalue weighted by Gasteiger charge is -2.04. The fourth-order valence-corrected chi connectivity index (χ4v) is 1.43. The number of hydrogen-bond donors (Lipinski definition) is 1. The van der Waals surface area contributed by atoms with Crippen LogP contribution in [0.25, 0.3) is 0 Å². The summed E-state index contributed by atoms with van der Waals surface area (Å²) in [5.74, 6) is 0.993. The van der Waals surface area contributed by atoms with Crippen LogP contribution in [0.15, 0.2) is 6.33 Å². The number of halogens is 1. The van der Waals surface area contributed by atoms with E-state index in [9.17, 15) is 10.1 Å². The van der Waals surface area contributed by atoms with Crippen molar-refractivity contribution in [3.05, 3.63) is 21.6 Å². The Morgan fingerprint density at radius 2 is 2.40 bits per heavy atom. The van der Waals surface area contributed by atoms with Crippen LogP contribution >= 0.6 is 23.4 Å². The third-order valence-corrected chi connectivity index (χ3v) is 2.45. The molecular weight excluding hydrogens is 240 g/mol. The summed E-state index contributed by atoms with van der Waals surface area (Å²) in [5, 5.41) is 13.4. The van der Waals surface area contributed by atoms with E-state index in [-0.39, 0.29) is 16.7 Å². The molecule has 0 spiro atoms. The molecule has 0 amide bonds. The van der Waals surface area contributed by atoms with Gasteiger partial charge in [-0.1, -0.05) is 11.6 Å². The SMILES string of the molecule is CSCCNc1ncnc(Cl)c1[N+](=O)[O-]. The van der Waals surface area contributed by atoms with Crippen LogP contribution in [0.1, 0.15) is 0 Å². The Balaban J connectivity index is 2.86. The van der Waals surface area contributed by atoms with E-state index < -0.39 is 4.92 Å². The van der Waals surface area contributed by atoms with Gasteiger partial charge in [-0.3, -0.25) is 10.1 Å². The Bertz CT molecular complexity index is 363. The van der Waals surface area contributed by atoms with Crippen LogP contribution in [0.5, 0.6) is 0 Å². The molecule has 0 fully saturated rings. The van der Waals surface area contributed by atoms with E-state index >= 15 is 0 Å². The zero-order chi connectivity index (χ0) is 11.3. The minimum atomic E-state index is -0.593. The van der Waals surface area contributed by atoms with Gasteiger partial charge in [0, 0.05) is 12.3 Å². The molecule has 0 aliphatic heterocycles. The van der Waals surface area contributed by atoms with Crippen LogP contribution in [-0.2, 0) is 0 Å². The molecule has 0 aliphatic carbocycles. The van der Waals surface area contributed by atoms with Gasteiger partial charge in [-0.15, -0.1) is 0 Å². The molecule has 1 heterocycles. The van der Waals surface area contributed by atoms with Crippen molar-refractivity contribution in [2.24, 2.45) is 0 Å². The van der Waals surface area contributed by atoms with Crippen molar-refractivity contribution in [3.63, 3.8) is 0 Å². The third kappa shape index (κ3) is 3.21. The molecule has 0 saturated heterocycles. The van der Waals surface area contributed by atoms with Crippen molar-refractivity contribution in [3.8, 4) is 0 Å². The van der Waals surface area contributed by atoms with Gasteiger partial charge >= 0.3 is 5.69 Å². The fraction of sp³-hybridized carbons (Fsp3) is 0.429. The van der Waals surface area contributed by atoms with E-state index in [1.54, 1.807) is 11.8 Å². The van der Waals surface area contributed by atoms with Crippen molar-refractivity contribution in [2.45, 2.75) is 0 Å². The van der Waals surface area contributed by atoms with E-state index in [1.165, 1.54) is 6.33 Å². The molecule has 1 rings (SSSR count). The van der Waals surface area contributed by atoms with Gasteiger partial charge in [0.1, 0.15) is 6.33 Å². The van der Waals surface area contributed by atoms with Gasteiger partial charge in [-0.25, -0.2) is 9.97 Å². The van der Waals surface area contributed by atoms with Gasteiger partial charge in [-0.2, -0.15) is 11.8 Å². The van der Waals surface area contributed by atoms with E-state index in [4.69, 9.17) is 11.6 Å². The van der Waals surface area contributed by atoms with Crippen LogP contribution in [0.2, 0.25) is 5.15 Å². The highest BCUT2D eigenvalue weighted by atomic mass is 35.5. The van der Waals surface area contributed by atoms with Crippen LogP contribution in [0, 0.1) is 10.1 Å². The predicted octanol–water partition coefficient (Wildman–Crippen LogP) is 1.81. The number of aromatic nitrogens is 2. The summed E-state index contributed by atoms with van der Waals surface area (Å²) in [5.41, 5.74) is -0.278. The van der Waals surface area contributed by atoms with Crippen LogP contribution in [0.4, 0.5) is 11.5 Å². The lowest BCUT2D eigenvalue weighted by Crippen LogP contribution is -2.08. The van der Waals surface area contributed by atoms with Crippen molar-refractivity contribution >= 4 is 34.9 Å². The predicted molar refractivity (Wildman–Crippen MR) is 60.6 cm³/mol. The van der Waals surface area contributed by atoms with Crippen molar-refractivity contribution in [1.82, 2.24) is 9.97 Å². The number of nitrogens with zero attached hydrogens (tertiary/aromatic N) is 3. The molecule has 0 bridgehead atoms. The Kier molecular flexibility index (Phi) is 4.57. The topological polar surface area (TPSA) is 81.0 Å². The number of nitro groups is 1. The minimum Gasteiger partial charge on any atom is -0.363 e. The largest absolute Gasteiger partial charge is 0.363 e. The molecule has 0 saturated carbocycles. The first-order valence-electron chi connectivity index (χ1n) is 4.04. The van der Waals surface area contributed by atoms with Crippen molar-refractivity contribution < 1.29 is 4.92 Å². The maximum absolute atomic E-state index is 10.7. The van der Waals surface area contributed by atoms with Gasteiger partial charge in [0.2, 0.25) is 11.0 Å². The van der Waals surface area contributed by atoms with Crippen LogP contribution < -0.4 is 5.32 Å². The van der Waals surface area contributed by atoms with E-state index in [0.29, 0.717) is 6.54 Å². The number of hydrogen-bond acceptors (Lipinski definition) is 6. The summed E-state index contributed by atoms with van der Waals surface area (Å²) in [6.07, 6.45) is 3.14. The van der Waals surface area contributed by atoms with Crippen molar-refractivity contribution in [1.29, 1.82) is 0 Å². The quantitative estimate of drug-likeness (QED) is 0.370. The fourth-order valence-electron chi connectivity index (χ4n) is 0.920. The molecule has 1 N–H and O–H groups in total. The smallest absolute Gasteiger partial charge is 0.348 e. The molecule has 0 radical (unpaired) electrons. The molecule has 0 aliphatic rings. The molecule has 15 heavy (non-hydrogen) atoms. The molecule has 1 aromatic heterocycles. The van der Waals surface area contributed by atoms with E-state index in [2.05, 4.69) is 15.3 Å². The number of nitrogens with one attached hydrogen (secondary N) is 1. The minimum absolute atomic E-state index is 0.151. The maximum atomic E-state index is 10.7. The second-order valence-corrected chi connectivity index (χ2v) is 3.88. The third-order valence-electron chi connectivity index (χ3n) is 1.56. The van der Waals surface area contributed by atoms with Gasteiger partial charge in [0.05, 0.1) is 4.92 Å². The number of anilines is 1. The first-order chi connectivity index (χ1) is 7.16. The lowest BCUT2D eigenvalue weighted by atomic mass is 10.5. The lowest BCUT2D eigenvalue weighted by molar-refractivity contribution is -0.384. The van der Waals surface area contributed by atoms with E-state index in [0.717, 1.165) is 5.75 Å². The van der Waals surface area contributed by atoms with Gasteiger partial charge in [0.15, 0.2) is 0 Å². The van der Waals surface area contributed by atoms with Gasteiger partial charge in [0.25, 0.3) is 0 Å². The molecule has 1 aromatic rings. The molecule has 0 unspecified atom stereocenters. The van der Waals surface area contributed by atoms with Crippen molar-refractivity contribution in [2.75, 3.05) is 23.9 Å². The molecule has 8 heteroatoms. The van der Waals surface area contributed by atoms with E-state index in [1.807, 2.05) is 6.26 Å². The summed E-state index contributed by atoms with van der Waals surface area (Å²) in [7, 11) is 0. The molecule has 6 nitrogen and oxygen atoms in total. The summed E-state index contributed by atoms with van der Waals surface area (Å²) in [6, 6.07) is 0. The maximum Gasteiger partial charge on any atom is 0.348 e. The number of rotatable bonds is 5. The summed E-state index contributed by atoms with van der Waals surface area (Å²) in [6.45, 7) is 0.593. The molecule has 82 valence electrons. The van der Waals surface area contributed by atoms with Gasteiger partial charge in [-0.05, 0) is 6.26 Å². The molecule has 0 aromatic carbocycles. The average Bonchev–Trinajstić information content (AvgIpc) is 2.17. The summed E-state index contributed by atoms with van der Waals surface area (Å²) >= 11 is 7.23. The Morgan fingerprint density at radius 1 is 1.67 bits per heavy atom. The highest BCUT2D eigenvalue weighted by Crippen LogP contribution is 2.27. The Morgan fingerprint density at radius 3 is 3.00 bits per heavy atom. The summed E-state index contributed by atoms with van der Waals surface area (Å²) in [4.78, 5) is 17.4. The zero-order valence-electron chi connectivity index (χ0n) is 7.94. The molecule has 0 atom stereocenters. The molecular formula is C7H9ClN4O2S. The zero-order valence-corrected chi connectivity index (χ0v) is 9.51. The van der Waals surface area contributed by atoms with Gasteiger partial charge < -0.3 is 5.32 Å². The first kappa shape index (κ1) is 12.0. The highest BCUT2D eigenvalue weighted by Gasteiger charge is 2.20. The standard InChI is InChI=1S/C7H9ClN4O2S/c1-15-3-2-9-7-5(12(13)14)6(8)10-4-11-7/h4H,2-3H2,1H3,(H,9,10,11). The monoisotopic (exact) mass is 248 g/mol. The Hall–Kier alpha value is -1.08. The normalized spacial score (nSPS) is 10.0. The second kappa shape index (κ2) is 5.72. The first-order valence-corrected chi connectivity index (χ1v) is 5.81. The van der Waals surface area contributed by atoms with Crippen LogP contribution in [0.3, 0.4) is 0 Å². The Labute approximate surface area is 95.6 Å². The summed E-state index contributed by atoms with van der Waals surface area (Å²) < 4.78 is 0. The second-order valence-electron chi connectivity index (χ2n) is 2.54.